The third-order valence-corrected chi connectivity index (χ3v) is 5.64. The summed E-state index contributed by atoms with van der Waals surface area (Å²) >= 11 is 1.79. The van der Waals surface area contributed by atoms with Crippen molar-refractivity contribution in [2.75, 3.05) is 18.0 Å². The number of benzene rings is 2. The predicted molar refractivity (Wildman–Crippen MR) is 99.1 cm³/mol. The van der Waals surface area contributed by atoms with Gasteiger partial charge in [-0.05, 0) is 37.5 Å². The first kappa shape index (κ1) is 14.6. The monoisotopic (exact) mass is 323 g/mol. The first-order valence-corrected chi connectivity index (χ1v) is 9.09. The van der Waals surface area contributed by atoms with Crippen LogP contribution in [0, 0.1) is 6.92 Å². The number of nitrogens with zero attached hydrogens (tertiary/aromatic N) is 2. The van der Waals surface area contributed by atoms with Gasteiger partial charge in [0, 0.05) is 24.3 Å². The Bertz CT molecular complexity index is 700. The molecule has 0 aliphatic carbocycles. The SMILES string of the molecule is Cc1ccc(C2=NNC(c3ccc(N4CCCC4)cc3)S2)cc1. The van der Waals surface area contributed by atoms with Gasteiger partial charge in [0.1, 0.15) is 10.4 Å². The van der Waals surface area contributed by atoms with Gasteiger partial charge in [-0.1, -0.05) is 53.7 Å². The van der Waals surface area contributed by atoms with Gasteiger partial charge in [-0.3, -0.25) is 5.43 Å². The van der Waals surface area contributed by atoms with Crippen LogP contribution in [0.5, 0.6) is 0 Å². The van der Waals surface area contributed by atoms with Gasteiger partial charge in [0.2, 0.25) is 0 Å². The maximum Gasteiger partial charge on any atom is 0.126 e. The van der Waals surface area contributed by atoms with E-state index in [1.54, 1.807) is 11.8 Å². The Morgan fingerprint density at radius 1 is 1.00 bits per heavy atom. The Balaban J connectivity index is 1.45. The Kier molecular flexibility index (Phi) is 4.00. The van der Waals surface area contributed by atoms with Crippen LogP contribution in [0.2, 0.25) is 0 Å². The van der Waals surface area contributed by atoms with Gasteiger partial charge in [0.15, 0.2) is 0 Å². The van der Waals surface area contributed by atoms with Crippen molar-refractivity contribution in [1.29, 1.82) is 0 Å². The number of anilines is 1. The number of thioether (sulfide) groups is 1. The molecule has 1 N–H and O–H groups in total. The van der Waals surface area contributed by atoms with Crippen molar-refractivity contribution in [1.82, 2.24) is 5.43 Å². The molecule has 1 fully saturated rings. The molecule has 0 amide bonds. The molecule has 1 unspecified atom stereocenters. The average Bonchev–Trinajstić information content (AvgIpc) is 3.28. The van der Waals surface area contributed by atoms with E-state index in [-0.39, 0.29) is 5.37 Å². The molecule has 0 spiro atoms. The minimum Gasteiger partial charge on any atom is -0.372 e. The van der Waals surface area contributed by atoms with E-state index in [1.165, 1.54) is 48.3 Å². The molecule has 2 heterocycles. The molecule has 3 nitrogen and oxygen atoms in total. The van der Waals surface area contributed by atoms with Gasteiger partial charge in [-0.15, -0.1) is 0 Å². The summed E-state index contributed by atoms with van der Waals surface area (Å²) in [6.07, 6.45) is 2.63. The van der Waals surface area contributed by atoms with Crippen LogP contribution >= 0.6 is 11.8 Å². The minimum absolute atomic E-state index is 0.207. The van der Waals surface area contributed by atoms with Crippen molar-refractivity contribution in [2.45, 2.75) is 25.1 Å². The molecule has 0 saturated carbocycles. The summed E-state index contributed by atoms with van der Waals surface area (Å²) in [7, 11) is 0. The summed E-state index contributed by atoms with van der Waals surface area (Å²) in [5, 5.41) is 5.79. The average molecular weight is 323 g/mol. The number of aryl methyl sites for hydroxylation is 1. The van der Waals surface area contributed by atoms with Crippen molar-refractivity contribution >= 4 is 22.5 Å². The first-order chi connectivity index (χ1) is 11.3. The number of nitrogens with one attached hydrogen (secondary N) is 1. The molecule has 0 radical (unpaired) electrons. The van der Waals surface area contributed by atoms with E-state index in [4.69, 9.17) is 0 Å². The maximum absolute atomic E-state index is 4.51. The lowest BCUT2D eigenvalue weighted by Gasteiger charge is -2.18. The normalized spacial score (nSPS) is 20.5. The summed E-state index contributed by atoms with van der Waals surface area (Å²) in [6, 6.07) is 17.5. The summed E-state index contributed by atoms with van der Waals surface area (Å²) in [6.45, 7) is 4.49. The molecule has 4 heteroatoms. The van der Waals surface area contributed by atoms with Gasteiger partial charge in [-0.2, -0.15) is 5.10 Å². The lowest BCUT2D eigenvalue weighted by atomic mass is 10.2. The van der Waals surface area contributed by atoms with Crippen LogP contribution < -0.4 is 10.3 Å². The van der Waals surface area contributed by atoms with E-state index in [9.17, 15) is 0 Å². The molecule has 1 saturated heterocycles. The van der Waals surface area contributed by atoms with Gasteiger partial charge in [-0.25, -0.2) is 0 Å². The molecule has 0 bridgehead atoms. The summed E-state index contributed by atoms with van der Waals surface area (Å²) in [5.41, 5.74) is 8.35. The van der Waals surface area contributed by atoms with Crippen molar-refractivity contribution in [3.8, 4) is 0 Å². The highest BCUT2D eigenvalue weighted by Gasteiger charge is 2.22. The molecule has 118 valence electrons. The van der Waals surface area contributed by atoms with Crippen LogP contribution in [-0.2, 0) is 0 Å². The Labute approximate surface area is 141 Å². The number of hydrogen-bond donors (Lipinski definition) is 1. The summed E-state index contributed by atoms with van der Waals surface area (Å²) in [4.78, 5) is 2.47. The highest BCUT2D eigenvalue weighted by Crippen LogP contribution is 2.35. The third kappa shape index (κ3) is 3.08. The van der Waals surface area contributed by atoms with Crippen LogP contribution in [0.3, 0.4) is 0 Å². The fourth-order valence-electron chi connectivity index (χ4n) is 3.09. The van der Waals surface area contributed by atoms with Gasteiger partial charge < -0.3 is 4.90 Å². The van der Waals surface area contributed by atoms with Crippen molar-refractivity contribution in [3.05, 3.63) is 65.2 Å². The molecule has 2 aliphatic heterocycles. The lowest BCUT2D eigenvalue weighted by Crippen LogP contribution is -2.17. The molecule has 0 aromatic heterocycles. The van der Waals surface area contributed by atoms with E-state index < -0.39 is 0 Å². The zero-order chi connectivity index (χ0) is 15.6. The maximum atomic E-state index is 4.51. The molecule has 2 aromatic carbocycles. The minimum atomic E-state index is 0.207. The molecule has 23 heavy (non-hydrogen) atoms. The molecular weight excluding hydrogens is 302 g/mol. The summed E-state index contributed by atoms with van der Waals surface area (Å²) < 4.78 is 0. The standard InChI is InChI=1S/C19H21N3S/c1-14-4-6-15(7-5-14)18-20-21-19(23-18)16-8-10-17(11-9-16)22-12-2-3-13-22/h4-11,19,21H,2-3,12-13H2,1H3. The van der Waals surface area contributed by atoms with Crippen LogP contribution in [-0.4, -0.2) is 18.1 Å². The smallest absolute Gasteiger partial charge is 0.126 e. The fourth-order valence-corrected chi connectivity index (χ4v) is 4.09. The second-order valence-electron chi connectivity index (χ2n) is 6.20. The van der Waals surface area contributed by atoms with Crippen LogP contribution in [0.15, 0.2) is 53.6 Å². The molecule has 2 aromatic rings. The number of rotatable bonds is 3. The highest BCUT2D eigenvalue weighted by molar-refractivity contribution is 8.14. The third-order valence-electron chi connectivity index (χ3n) is 4.48. The van der Waals surface area contributed by atoms with Crippen LogP contribution in [0.4, 0.5) is 5.69 Å². The van der Waals surface area contributed by atoms with Crippen LogP contribution in [0.1, 0.15) is 34.9 Å². The Morgan fingerprint density at radius 2 is 1.70 bits per heavy atom. The van der Waals surface area contributed by atoms with E-state index in [0.29, 0.717) is 0 Å². The zero-order valence-electron chi connectivity index (χ0n) is 13.3. The summed E-state index contributed by atoms with van der Waals surface area (Å²) in [5.74, 6) is 0. The number of hydrazone groups is 1. The zero-order valence-corrected chi connectivity index (χ0v) is 14.1. The van der Waals surface area contributed by atoms with E-state index >= 15 is 0 Å². The second-order valence-corrected chi connectivity index (χ2v) is 7.29. The molecular formula is C19H21N3S. The van der Waals surface area contributed by atoms with E-state index in [2.05, 4.69) is 70.9 Å². The predicted octanol–water partition coefficient (Wildman–Crippen LogP) is 4.29. The fraction of sp³-hybridized carbons (Fsp3) is 0.316. The van der Waals surface area contributed by atoms with Crippen molar-refractivity contribution < 1.29 is 0 Å². The lowest BCUT2D eigenvalue weighted by molar-refractivity contribution is 0.743. The molecule has 4 rings (SSSR count). The van der Waals surface area contributed by atoms with Crippen molar-refractivity contribution in [2.24, 2.45) is 5.10 Å². The number of hydrogen-bond acceptors (Lipinski definition) is 4. The van der Waals surface area contributed by atoms with Gasteiger partial charge in [0.05, 0.1) is 0 Å². The Morgan fingerprint density at radius 3 is 2.39 bits per heavy atom. The Hall–Kier alpha value is -1.94. The highest BCUT2D eigenvalue weighted by atomic mass is 32.2. The topological polar surface area (TPSA) is 27.6 Å². The van der Waals surface area contributed by atoms with E-state index in [1.807, 2.05) is 0 Å². The van der Waals surface area contributed by atoms with E-state index in [0.717, 1.165) is 5.04 Å². The van der Waals surface area contributed by atoms with Crippen LogP contribution in [0.25, 0.3) is 0 Å². The van der Waals surface area contributed by atoms with Crippen molar-refractivity contribution in [3.63, 3.8) is 0 Å². The van der Waals surface area contributed by atoms with Gasteiger partial charge in [0.25, 0.3) is 0 Å². The molecule has 1 atom stereocenters. The second kappa shape index (κ2) is 6.28. The quantitative estimate of drug-likeness (QED) is 0.913. The largest absolute Gasteiger partial charge is 0.372 e. The van der Waals surface area contributed by atoms with Gasteiger partial charge >= 0.3 is 0 Å². The first-order valence-electron chi connectivity index (χ1n) is 8.21. The molecule has 2 aliphatic rings.